The molecule has 0 saturated carbocycles. The van der Waals surface area contributed by atoms with E-state index in [0.717, 1.165) is 28.8 Å². The molecule has 1 aliphatic heterocycles. The Balaban J connectivity index is 1.44. The largest absolute Gasteiger partial charge is 0.416 e. The molecule has 0 radical (unpaired) electrons. The number of alkyl halides is 3. The van der Waals surface area contributed by atoms with Gasteiger partial charge in [-0.1, -0.05) is 18.2 Å². The van der Waals surface area contributed by atoms with Crippen molar-refractivity contribution < 1.29 is 22.4 Å². The molecule has 190 valence electrons. The fourth-order valence-corrected chi connectivity index (χ4v) is 4.64. The van der Waals surface area contributed by atoms with E-state index >= 15 is 0 Å². The second-order valence-electron chi connectivity index (χ2n) is 9.34. The van der Waals surface area contributed by atoms with Crippen LogP contribution in [0.4, 0.5) is 23.2 Å². The Morgan fingerprint density at radius 1 is 0.865 bits per heavy atom. The third kappa shape index (κ3) is 5.01. The molecule has 8 heteroatoms. The van der Waals surface area contributed by atoms with Crippen molar-refractivity contribution in [3.05, 3.63) is 94.8 Å². The summed E-state index contributed by atoms with van der Waals surface area (Å²) in [6.07, 6.45) is -4.42. The summed E-state index contributed by atoms with van der Waals surface area (Å²) >= 11 is 0. The predicted octanol–water partition coefficient (Wildman–Crippen LogP) is 6.64. The van der Waals surface area contributed by atoms with Crippen LogP contribution in [0.2, 0.25) is 0 Å². The third-order valence-corrected chi connectivity index (χ3v) is 6.91. The lowest BCUT2D eigenvalue weighted by molar-refractivity contribution is -0.137. The van der Waals surface area contributed by atoms with Gasteiger partial charge in [0, 0.05) is 42.8 Å². The molecule has 0 N–H and O–H groups in total. The lowest BCUT2D eigenvalue weighted by atomic mass is 10.00. The highest BCUT2D eigenvalue weighted by atomic mass is 19.4. The van der Waals surface area contributed by atoms with Crippen molar-refractivity contribution >= 4 is 22.5 Å². The van der Waals surface area contributed by atoms with Gasteiger partial charge in [-0.2, -0.15) is 13.2 Å². The number of hydrogen-bond donors (Lipinski definition) is 0. The zero-order valence-electron chi connectivity index (χ0n) is 20.4. The lowest BCUT2D eigenvalue weighted by Gasteiger charge is -2.36. The van der Waals surface area contributed by atoms with E-state index in [1.807, 2.05) is 36.9 Å². The molecular formula is C29H25F4N3O. The van der Waals surface area contributed by atoms with E-state index in [1.54, 1.807) is 23.1 Å². The molecule has 1 saturated heterocycles. The van der Waals surface area contributed by atoms with Gasteiger partial charge in [0.05, 0.1) is 22.3 Å². The fourth-order valence-electron chi connectivity index (χ4n) is 4.64. The average molecular weight is 508 g/mol. The number of nitrogens with zero attached hydrogens (tertiary/aromatic N) is 3. The summed E-state index contributed by atoms with van der Waals surface area (Å²) in [6.45, 7) is 5.44. The molecule has 0 spiro atoms. The number of rotatable bonds is 3. The van der Waals surface area contributed by atoms with Crippen LogP contribution in [-0.4, -0.2) is 42.0 Å². The van der Waals surface area contributed by atoms with Gasteiger partial charge in [-0.15, -0.1) is 0 Å². The molecule has 0 unspecified atom stereocenters. The quantitative estimate of drug-likeness (QED) is 0.292. The number of aryl methyl sites for hydroxylation is 2. The van der Waals surface area contributed by atoms with Gasteiger partial charge in [0.25, 0.3) is 5.91 Å². The van der Waals surface area contributed by atoms with Crippen LogP contribution < -0.4 is 4.90 Å². The van der Waals surface area contributed by atoms with E-state index in [1.165, 1.54) is 18.2 Å². The second kappa shape index (κ2) is 9.50. The fraction of sp³-hybridized carbons (Fsp3) is 0.241. The zero-order valence-corrected chi connectivity index (χ0v) is 20.4. The van der Waals surface area contributed by atoms with Gasteiger partial charge in [-0.05, 0) is 73.5 Å². The van der Waals surface area contributed by atoms with Gasteiger partial charge in [-0.3, -0.25) is 4.79 Å². The number of piperazine rings is 1. The molecule has 0 atom stereocenters. The maximum absolute atomic E-state index is 14.2. The number of fused-ring (bicyclic) bond motifs is 1. The number of halogens is 4. The van der Waals surface area contributed by atoms with Crippen molar-refractivity contribution in [2.45, 2.75) is 20.0 Å². The Kier molecular flexibility index (Phi) is 6.35. The summed E-state index contributed by atoms with van der Waals surface area (Å²) in [5.41, 5.74) is 4.35. The minimum Gasteiger partial charge on any atom is -0.368 e. The van der Waals surface area contributed by atoms with Gasteiger partial charge in [0.2, 0.25) is 0 Å². The summed E-state index contributed by atoms with van der Waals surface area (Å²) in [6, 6.07) is 17.1. The van der Waals surface area contributed by atoms with Crippen molar-refractivity contribution in [3.63, 3.8) is 0 Å². The monoisotopic (exact) mass is 507 g/mol. The molecule has 5 rings (SSSR count). The van der Waals surface area contributed by atoms with E-state index in [2.05, 4.69) is 4.98 Å². The topological polar surface area (TPSA) is 36.4 Å². The summed E-state index contributed by atoms with van der Waals surface area (Å²) < 4.78 is 53.6. The van der Waals surface area contributed by atoms with Gasteiger partial charge >= 0.3 is 6.18 Å². The zero-order chi connectivity index (χ0) is 26.3. The van der Waals surface area contributed by atoms with Crippen LogP contribution in [0.15, 0.2) is 66.7 Å². The molecule has 1 fully saturated rings. The van der Waals surface area contributed by atoms with Crippen molar-refractivity contribution in [1.82, 2.24) is 9.88 Å². The number of carbonyl (C=O) groups excluding carboxylic acids is 1. The normalized spacial score (nSPS) is 14.3. The van der Waals surface area contributed by atoms with Crippen LogP contribution in [-0.2, 0) is 6.18 Å². The number of pyridine rings is 1. The van der Waals surface area contributed by atoms with Gasteiger partial charge in [-0.25, -0.2) is 9.37 Å². The number of anilines is 1. The average Bonchev–Trinajstić information content (AvgIpc) is 2.89. The third-order valence-electron chi connectivity index (χ3n) is 6.91. The first kappa shape index (κ1) is 24.7. The molecule has 4 aromatic rings. The number of amides is 1. The Morgan fingerprint density at radius 2 is 1.62 bits per heavy atom. The van der Waals surface area contributed by atoms with E-state index in [0.29, 0.717) is 54.0 Å². The molecule has 0 aliphatic carbocycles. The first-order chi connectivity index (χ1) is 17.6. The molecule has 1 amide bonds. The van der Waals surface area contributed by atoms with Crippen molar-refractivity contribution in [3.8, 4) is 11.3 Å². The highest BCUT2D eigenvalue weighted by Gasteiger charge is 2.31. The highest BCUT2D eigenvalue weighted by molar-refractivity contribution is 6.07. The van der Waals surface area contributed by atoms with E-state index in [4.69, 9.17) is 0 Å². The van der Waals surface area contributed by atoms with E-state index < -0.39 is 17.6 Å². The first-order valence-electron chi connectivity index (χ1n) is 12.0. The molecule has 37 heavy (non-hydrogen) atoms. The Hall–Kier alpha value is -3.94. The van der Waals surface area contributed by atoms with Crippen molar-refractivity contribution in [1.29, 1.82) is 0 Å². The van der Waals surface area contributed by atoms with Crippen molar-refractivity contribution in [2.75, 3.05) is 31.1 Å². The van der Waals surface area contributed by atoms with Crippen LogP contribution in [0.3, 0.4) is 0 Å². The van der Waals surface area contributed by atoms with Crippen LogP contribution in [0, 0.1) is 19.7 Å². The molecule has 1 aromatic heterocycles. The number of carbonyl (C=O) groups is 1. The van der Waals surface area contributed by atoms with E-state index in [9.17, 15) is 22.4 Å². The van der Waals surface area contributed by atoms with Gasteiger partial charge < -0.3 is 9.80 Å². The summed E-state index contributed by atoms with van der Waals surface area (Å²) in [5.74, 6) is -0.719. The van der Waals surface area contributed by atoms with Gasteiger partial charge in [0.15, 0.2) is 0 Å². The van der Waals surface area contributed by atoms with Crippen LogP contribution in [0.25, 0.3) is 22.2 Å². The second-order valence-corrected chi connectivity index (χ2v) is 9.34. The smallest absolute Gasteiger partial charge is 0.368 e. The predicted molar refractivity (Wildman–Crippen MR) is 136 cm³/mol. The highest BCUT2D eigenvalue weighted by Crippen LogP contribution is 2.32. The number of hydrogen-bond acceptors (Lipinski definition) is 3. The standard InChI is InChI=1S/C29H25F4N3O/c1-18-6-7-20(14-19(18)2)27-17-25(24-16-22(30)8-9-26(24)34-27)28(37)36-12-10-35(11-13-36)23-5-3-4-21(15-23)29(31,32)33/h3-9,14-17H,10-13H2,1-2H3. The lowest BCUT2D eigenvalue weighted by Crippen LogP contribution is -2.48. The molecule has 1 aliphatic rings. The summed E-state index contributed by atoms with van der Waals surface area (Å²) in [5, 5.41) is 0.429. The maximum atomic E-state index is 14.2. The Morgan fingerprint density at radius 3 is 2.32 bits per heavy atom. The Labute approximate surface area is 212 Å². The maximum Gasteiger partial charge on any atom is 0.416 e. The molecule has 4 nitrogen and oxygen atoms in total. The van der Waals surface area contributed by atoms with Crippen LogP contribution >= 0.6 is 0 Å². The first-order valence-corrected chi connectivity index (χ1v) is 12.0. The minimum atomic E-state index is -4.42. The SMILES string of the molecule is Cc1ccc(-c2cc(C(=O)N3CCN(c4cccc(C(F)(F)F)c4)CC3)c3cc(F)ccc3n2)cc1C. The van der Waals surface area contributed by atoms with E-state index in [-0.39, 0.29) is 5.91 Å². The summed E-state index contributed by atoms with van der Waals surface area (Å²) in [4.78, 5) is 21.9. The van der Waals surface area contributed by atoms with Gasteiger partial charge in [0.1, 0.15) is 5.82 Å². The van der Waals surface area contributed by atoms with Crippen molar-refractivity contribution in [2.24, 2.45) is 0 Å². The summed E-state index contributed by atoms with van der Waals surface area (Å²) in [7, 11) is 0. The molecule has 2 heterocycles. The number of aromatic nitrogens is 1. The van der Waals surface area contributed by atoms with Crippen LogP contribution in [0.5, 0.6) is 0 Å². The Bertz CT molecular complexity index is 1490. The molecule has 3 aromatic carbocycles. The van der Waals surface area contributed by atoms with Crippen LogP contribution in [0.1, 0.15) is 27.0 Å². The molecule has 0 bridgehead atoms. The molecular weight excluding hydrogens is 482 g/mol. The minimum absolute atomic E-state index is 0.258. The number of benzene rings is 3.